The van der Waals surface area contributed by atoms with Gasteiger partial charge in [-0.1, -0.05) is 17.7 Å². The molecular weight excluding hydrogens is 488 g/mol. The monoisotopic (exact) mass is 509 g/mol. The summed E-state index contributed by atoms with van der Waals surface area (Å²) in [6, 6.07) is 12.4. The summed E-state index contributed by atoms with van der Waals surface area (Å²) in [4.78, 5) is 5.33. The smallest absolute Gasteiger partial charge is 0.191 e. The second kappa shape index (κ2) is 12.4. The number of halogens is 3. The molecule has 0 bridgehead atoms. The van der Waals surface area contributed by atoms with Crippen LogP contribution < -0.4 is 10.6 Å². The molecular formula is C18H22ClFIN3OS. The molecule has 4 nitrogen and oxygen atoms in total. The number of thioether (sulfide) groups is 1. The number of aliphatic hydroxyl groups excluding tert-OH is 1. The Bertz CT molecular complexity index is 716. The first kappa shape index (κ1) is 23.0. The van der Waals surface area contributed by atoms with E-state index in [1.807, 2.05) is 24.3 Å². The number of nitrogens with zero attached hydrogens (tertiary/aromatic N) is 1. The molecule has 0 amide bonds. The van der Waals surface area contributed by atoms with Crippen molar-refractivity contribution in [3.8, 4) is 0 Å². The summed E-state index contributed by atoms with van der Waals surface area (Å²) in [5.74, 6) is 1.16. The number of guanidine groups is 1. The van der Waals surface area contributed by atoms with E-state index in [1.165, 1.54) is 6.07 Å². The van der Waals surface area contributed by atoms with Gasteiger partial charge in [-0.05, 0) is 42.0 Å². The molecule has 0 saturated heterocycles. The largest absolute Gasteiger partial charge is 0.392 e. The van der Waals surface area contributed by atoms with Crippen molar-refractivity contribution < 1.29 is 9.50 Å². The SMILES string of the molecule is CN=C(NCCSc1ccc(Cl)cc1)NCc1ccc(F)c(CO)c1.I. The zero-order valence-electron chi connectivity index (χ0n) is 14.3. The highest BCUT2D eigenvalue weighted by Crippen LogP contribution is 2.19. The highest BCUT2D eigenvalue weighted by atomic mass is 127. The van der Waals surface area contributed by atoms with E-state index < -0.39 is 5.82 Å². The highest BCUT2D eigenvalue weighted by Gasteiger charge is 2.04. The average Bonchev–Trinajstić information content (AvgIpc) is 2.63. The average molecular weight is 510 g/mol. The Kier molecular flexibility index (Phi) is 11.0. The van der Waals surface area contributed by atoms with Gasteiger partial charge in [0, 0.05) is 41.4 Å². The Morgan fingerprint density at radius 1 is 1.19 bits per heavy atom. The van der Waals surface area contributed by atoms with Gasteiger partial charge in [0.25, 0.3) is 0 Å². The van der Waals surface area contributed by atoms with Crippen LogP contribution in [-0.2, 0) is 13.2 Å². The number of hydrogen-bond acceptors (Lipinski definition) is 3. The lowest BCUT2D eigenvalue weighted by Gasteiger charge is -2.12. The summed E-state index contributed by atoms with van der Waals surface area (Å²) in [7, 11) is 1.70. The molecule has 0 saturated carbocycles. The second-order valence-electron chi connectivity index (χ2n) is 5.24. The fraction of sp³-hybridized carbons (Fsp3) is 0.278. The van der Waals surface area contributed by atoms with Crippen molar-refractivity contribution in [3.05, 3.63) is 64.4 Å². The third kappa shape index (κ3) is 7.69. The van der Waals surface area contributed by atoms with Gasteiger partial charge in [-0.2, -0.15) is 0 Å². The third-order valence-corrected chi connectivity index (χ3v) is 4.71. The summed E-state index contributed by atoms with van der Waals surface area (Å²) >= 11 is 7.60. The van der Waals surface area contributed by atoms with E-state index in [0.29, 0.717) is 18.1 Å². The fourth-order valence-corrected chi connectivity index (χ4v) is 3.03. The molecule has 0 unspecified atom stereocenters. The molecule has 2 aromatic carbocycles. The highest BCUT2D eigenvalue weighted by molar-refractivity contribution is 14.0. The molecule has 0 aliphatic heterocycles. The summed E-state index contributed by atoms with van der Waals surface area (Å²) in [5.41, 5.74) is 1.17. The Labute approximate surface area is 179 Å². The molecule has 2 aromatic rings. The van der Waals surface area contributed by atoms with Crippen LogP contribution in [0.4, 0.5) is 4.39 Å². The van der Waals surface area contributed by atoms with E-state index in [-0.39, 0.29) is 30.6 Å². The van der Waals surface area contributed by atoms with Gasteiger partial charge in [0.05, 0.1) is 6.61 Å². The van der Waals surface area contributed by atoms with Crippen molar-refractivity contribution in [1.29, 1.82) is 0 Å². The molecule has 0 spiro atoms. The summed E-state index contributed by atoms with van der Waals surface area (Å²) in [5, 5.41) is 16.2. The topological polar surface area (TPSA) is 56.7 Å². The maximum atomic E-state index is 13.4. The molecule has 0 fully saturated rings. The Hall–Kier alpha value is -1.03. The van der Waals surface area contributed by atoms with E-state index in [2.05, 4.69) is 15.6 Å². The van der Waals surface area contributed by atoms with Crippen LogP contribution in [0.5, 0.6) is 0 Å². The van der Waals surface area contributed by atoms with Gasteiger partial charge >= 0.3 is 0 Å². The molecule has 0 aromatic heterocycles. The lowest BCUT2D eigenvalue weighted by Crippen LogP contribution is -2.37. The maximum Gasteiger partial charge on any atom is 0.191 e. The van der Waals surface area contributed by atoms with E-state index in [1.54, 1.807) is 30.9 Å². The van der Waals surface area contributed by atoms with Crippen LogP contribution in [0.15, 0.2) is 52.4 Å². The Morgan fingerprint density at radius 3 is 2.58 bits per heavy atom. The number of nitrogens with one attached hydrogen (secondary N) is 2. The zero-order valence-corrected chi connectivity index (χ0v) is 18.2. The molecule has 8 heteroatoms. The van der Waals surface area contributed by atoms with Gasteiger partial charge < -0.3 is 15.7 Å². The van der Waals surface area contributed by atoms with Crippen LogP contribution in [0.1, 0.15) is 11.1 Å². The van der Waals surface area contributed by atoms with E-state index >= 15 is 0 Å². The number of aliphatic imine (C=N–C) groups is 1. The van der Waals surface area contributed by atoms with Crippen LogP contribution in [0.2, 0.25) is 5.02 Å². The molecule has 142 valence electrons. The van der Waals surface area contributed by atoms with Crippen LogP contribution in [0, 0.1) is 5.82 Å². The minimum absolute atomic E-state index is 0. The van der Waals surface area contributed by atoms with Crippen molar-refractivity contribution in [1.82, 2.24) is 10.6 Å². The van der Waals surface area contributed by atoms with Crippen molar-refractivity contribution in [2.24, 2.45) is 4.99 Å². The predicted octanol–water partition coefficient (Wildman–Crippen LogP) is 4.05. The minimum Gasteiger partial charge on any atom is -0.392 e. The summed E-state index contributed by atoms with van der Waals surface area (Å²) in [6.07, 6.45) is 0. The molecule has 3 N–H and O–H groups in total. The molecule has 0 aliphatic rings. The van der Waals surface area contributed by atoms with Gasteiger partial charge in [-0.25, -0.2) is 4.39 Å². The van der Waals surface area contributed by atoms with Crippen LogP contribution >= 0.6 is 47.3 Å². The predicted molar refractivity (Wildman–Crippen MR) is 118 cm³/mol. The van der Waals surface area contributed by atoms with Crippen molar-refractivity contribution in [2.75, 3.05) is 19.3 Å². The second-order valence-corrected chi connectivity index (χ2v) is 6.84. The molecule has 0 aliphatic carbocycles. The molecule has 0 radical (unpaired) electrons. The van der Waals surface area contributed by atoms with Gasteiger partial charge in [-0.3, -0.25) is 4.99 Å². The first-order chi connectivity index (χ1) is 12.1. The summed E-state index contributed by atoms with van der Waals surface area (Å²) < 4.78 is 13.4. The van der Waals surface area contributed by atoms with E-state index in [4.69, 9.17) is 16.7 Å². The standard InChI is InChI=1S/C18H21ClFN3OS.HI/c1-21-18(22-8-9-25-16-5-3-15(19)4-6-16)23-11-13-2-7-17(20)14(10-13)12-24;/h2-7,10,24H,8-9,11-12H2,1H3,(H2,21,22,23);1H. The molecule has 0 heterocycles. The number of rotatable bonds is 7. The Morgan fingerprint density at radius 2 is 1.92 bits per heavy atom. The first-order valence-electron chi connectivity index (χ1n) is 7.83. The van der Waals surface area contributed by atoms with Crippen LogP contribution in [0.25, 0.3) is 0 Å². The fourth-order valence-electron chi connectivity index (χ4n) is 2.13. The minimum atomic E-state index is -0.395. The lowest BCUT2D eigenvalue weighted by atomic mass is 10.1. The number of benzene rings is 2. The van der Waals surface area contributed by atoms with Crippen LogP contribution in [0.3, 0.4) is 0 Å². The third-order valence-electron chi connectivity index (χ3n) is 3.44. The Balaban J connectivity index is 0.00000338. The van der Waals surface area contributed by atoms with Crippen molar-refractivity contribution in [2.45, 2.75) is 18.0 Å². The van der Waals surface area contributed by atoms with Gasteiger partial charge in [0.2, 0.25) is 0 Å². The van der Waals surface area contributed by atoms with Crippen molar-refractivity contribution >= 4 is 53.3 Å². The lowest BCUT2D eigenvalue weighted by molar-refractivity contribution is 0.275. The number of hydrogen-bond donors (Lipinski definition) is 3. The molecule has 26 heavy (non-hydrogen) atoms. The van der Waals surface area contributed by atoms with E-state index in [0.717, 1.165) is 27.8 Å². The zero-order chi connectivity index (χ0) is 18.1. The van der Waals surface area contributed by atoms with E-state index in [9.17, 15) is 4.39 Å². The van der Waals surface area contributed by atoms with Gasteiger partial charge in [0.1, 0.15) is 5.82 Å². The van der Waals surface area contributed by atoms with Gasteiger partial charge in [0.15, 0.2) is 5.96 Å². The first-order valence-corrected chi connectivity index (χ1v) is 9.19. The molecule has 0 atom stereocenters. The molecule has 2 rings (SSSR count). The number of aliphatic hydroxyl groups is 1. The maximum absolute atomic E-state index is 13.4. The van der Waals surface area contributed by atoms with Crippen LogP contribution in [-0.4, -0.2) is 30.4 Å². The van der Waals surface area contributed by atoms with Crippen molar-refractivity contribution in [3.63, 3.8) is 0 Å². The summed E-state index contributed by atoms with van der Waals surface area (Å²) in [6.45, 7) is 0.935. The quantitative estimate of drug-likeness (QED) is 0.173. The van der Waals surface area contributed by atoms with Gasteiger partial charge in [-0.15, -0.1) is 35.7 Å². The normalized spacial score (nSPS) is 11.0.